The number of carbonyl (C=O) groups is 3. The smallest absolute Gasteiger partial charge is 0.334 e. The number of carbonyl (C=O) groups excluding carboxylic acids is 2. The molecule has 0 radical (unpaired) electrons. The molecule has 26 heavy (non-hydrogen) atoms. The Labute approximate surface area is 151 Å². The summed E-state index contributed by atoms with van der Waals surface area (Å²) in [6.07, 6.45) is 1.06. The van der Waals surface area contributed by atoms with Crippen LogP contribution >= 0.6 is 0 Å². The molecule has 2 amide bonds. The van der Waals surface area contributed by atoms with Crippen molar-refractivity contribution >= 4 is 23.5 Å². The number of fused-ring (bicyclic) bond motifs is 1. The summed E-state index contributed by atoms with van der Waals surface area (Å²) in [7, 11) is 0. The van der Waals surface area contributed by atoms with E-state index in [-0.39, 0.29) is 25.0 Å². The van der Waals surface area contributed by atoms with Gasteiger partial charge in [-0.2, -0.15) is 0 Å². The summed E-state index contributed by atoms with van der Waals surface area (Å²) in [6, 6.07) is 5.54. The summed E-state index contributed by atoms with van der Waals surface area (Å²) in [5.41, 5.74) is 1.87. The molecule has 8 heteroatoms. The summed E-state index contributed by atoms with van der Waals surface area (Å²) in [4.78, 5) is 36.0. The first kappa shape index (κ1) is 18.2. The van der Waals surface area contributed by atoms with Crippen molar-refractivity contribution in [2.24, 2.45) is 0 Å². The Morgan fingerprint density at radius 1 is 1.35 bits per heavy atom. The highest BCUT2D eigenvalue weighted by molar-refractivity contribution is 5.94. The first-order valence-corrected chi connectivity index (χ1v) is 8.70. The first-order valence-electron chi connectivity index (χ1n) is 8.70. The Kier molecular flexibility index (Phi) is 5.72. The van der Waals surface area contributed by atoms with Crippen LogP contribution in [-0.4, -0.2) is 60.2 Å². The Morgan fingerprint density at radius 2 is 2.19 bits per heavy atom. The molecule has 1 aromatic carbocycles. The number of nitrogens with zero attached hydrogens (tertiary/aromatic N) is 1. The number of hydrogen-bond donors (Lipinski definition) is 2. The predicted octanol–water partition coefficient (Wildman–Crippen LogP) is 1.04. The lowest BCUT2D eigenvalue weighted by molar-refractivity contribution is -0.159. The zero-order valence-corrected chi connectivity index (χ0v) is 14.4. The van der Waals surface area contributed by atoms with Crippen LogP contribution in [0.15, 0.2) is 18.2 Å². The van der Waals surface area contributed by atoms with E-state index in [0.717, 1.165) is 11.3 Å². The third-order valence-corrected chi connectivity index (χ3v) is 4.47. The number of morpholine rings is 1. The van der Waals surface area contributed by atoms with Crippen LogP contribution in [0.2, 0.25) is 0 Å². The van der Waals surface area contributed by atoms with Gasteiger partial charge in [-0.05, 0) is 36.6 Å². The highest BCUT2D eigenvalue weighted by atomic mass is 16.5. The van der Waals surface area contributed by atoms with Crippen molar-refractivity contribution in [3.05, 3.63) is 23.8 Å². The third kappa shape index (κ3) is 4.51. The second-order valence-electron chi connectivity index (χ2n) is 6.36. The number of ether oxygens (including phenoxy) is 2. The van der Waals surface area contributed by atoms with Gasteiger partial charge in [0.2, 0.25) is 11.8 Å². The minimum absolute atomic E-state index is 0.0259. The molecule has 0 saturated carbocycles. The molecule has 1 aromatic rings. The molecule has 1 fully saturated rings. The van der Waals surface area contributed by atoms with Crippen molar-refractivity contribution in [3.63, 3.8) is 0 Å². The molecule has 2 aliphatic rings. The Balaban J connectivity index is 1.42. The van der Waals surface area contributed by atoms with Gasteiger partial charge in [0.1, 0.15) is 5.75 Å². The number of nitrogens with one attached hydrogen (secondary N) is 1. The van der Waals surface area contributed by atoms with E-state index in [0.29, 0.717) is 44.6 Å². The number of hydrogen-bond acceptors (Lipinski definition) is 5. The minimum atomic E-state index is -1.05. The van der Waals surface area contributed by atoms with Crippen molar-refractivity contribution in [1.29, 1.82) is 0 Å². The van der Waals surface area contributed by atoms with Gasteiger partial charge in [-0.25, -0.2) is 4.79 Å². The molecule has 140 valence electrons. The van der Waals surface area contributed by atoms with Crippen LogP contribution in [0.1, 0.15) is 24.8 Å². The van der Waals surface area contributed by atoms with Crippen LogP contribution in [0, 0.1) is 0 Å². The summed E-state index contributed by atoms with van der Waals surface area (Å²) in [5.74, 6) is -0.395. The van der Waals surface area contributed by atoms with E-state index in [4.69, 9.17) is 14.6 Å². The lowest BCUT2D eigenvalue weighted by atomic mass is 10.0. The normalized spacial score (nSPS) is 19.5. The topological polar surface area (TPSA) is 105 Å². The summed E-state index contributed by atoms with van der Waals surface area (Å²) >= 11 is 0. The van der Waals surface area contributed by atoms with E-state index in [9.17, 15) is 14.4 Å². The van der Waals surface area contributed by atoms with Gasteiger partial charge >= 0.3 is 5.97 Å². The molecule has 1 atom stereocenters. The van der Waals surface area contributed by atoms with Gasteiger partial charge in [-0.1, -0.05) is 0 Å². The van der Waals surface area contributed by atoms with Crippen molar-refractivity contribution < 1.29 is 29.0 Å². The largest absolute Gasteiger partial charge is 0.494 e. The number of carboxylic acids is 1. The Morgan fingerprint density at radius 3 is 3.00 bits per heavy atom. The van der Waals surface area contributed by atoms with Crippen molar-refractivity contribution in [1.82, 2.24) is 4.90 Å². The van der Waals surface area contributed by atoms with E-state index in [1.54, 1.807) is 6.07 Å². The van der Waals surface area contributed by atoms with Crippen LogP contribution < -0.4 is 10.1 Å². The van der Waals surface area contributed by atoms with E-state index in [1.165, 1.54) is 4.90 Å². The maximum absolute atomic E-state index is 12.2. The minimum Gasteiger partial charge on any atom is -0.494 e. The molecule has 0 aromatic heterocycles. The standard InChI is InChI=1S/C18H22N2O6/c21-16-6-3-12-10-13(4-5-14(12)19-16)25-8-1-2-17(22)20-7-9-26-15(11-20)18(23)24/h4-5,10,15H,1-3,6-9,11H2,(H,19,21)(H,23,24)/t15-/m0/s1. The number of benzene rings is 1. The first-order chi connectivity index (χ1) is 12.5. The average molecular weight is 362 g/mol. The second-order valence-corrected chi connectivity index (χ2v) is 6.36. The molecule has 3 rings (SSSR count). The van der Waals surface area contributed by atoms with Gasteiger partial charge in [0.25, 0.3) is 0 Å². The molecule has 1 saturated heterocycles. The number of aryl methyl sites for hydroxylation is 1. The fourth-order valence-electron chi connectivity index (χ4n) is 3.05. The van der Waals surface area contributed by atoms with Gasteiger partial charge in [0.15, 0.2) is 6.10 Å². The van der Waals surface area contributed by atoms with E-state index in [1.807, 2.05) is 12.1 Å². The van der Waals surface area contributed by atoms with Crippen LogP contribution in [0.4, 0.5) is 5.69 Å². The molecule has 0 unspecified atom stereocenters. The second kappa shape index (κ2) is 8.18. The van der Waals surface area contributed by atoms with E-state index >= 15 is 0 Å². The van der Waals surface area contributed by atoms with Gasteiger partial charge in [-0.15, -0.1) is 0 Å². The highest BCUT2D eigenvalue weighted by Gasteiger charge is 2.28. The average Bonchev–Trinajstić information content (AvgIpc) is 2.65. The molecule has 0 spiro atoms. The van der Waals surface area contributed by atoms with Gasteiger partial charge in [0, 0.05) is 25.1 Å². The number of carboxylic acid groups (broad SMARTS) is 1. The lowest BCUT2D eigenvalue weighted by Crippen LogP contribution is -2.48. The molecule has 8 nitrogen and oxygen atoms in total. The molecule has 2 heterocycles. The van der Waals surface area contributed by atoms with Crippen LogP contribution in [0.5, 0.6) is 5.75 Å². The molecule has 0 aliphatic carbocycles. The SMILES string of the molecule is O=C1CCc2cc(OCCCC(=O)N3CCO[C@H](C(=O)O)C3)ccc2N1. The van der Waals surface area contributed by atoms with E-state index < -0.39 is 12.1 Å². The molecular formula is C18H22N2O6. The van der Waals surface area contributed by atoms with Crippen LogP contribution in [0.3, 0.4) is 0 Å². The van der Waals surface area contributed by atoms with Crippen LogP contribution in [0.25, 0.3) is 0 Å². The monoisotopic (exact) mass is 362 g/mol. The fourth-order valence-corrected chi connectivity index (χ4v) is 3.05. The van der Waals surface area contributed by atoms with E-state index in [2.05, 4.69) is 5.32 Å². The van der Waals surface area contributed by atoms with Crippen molar-refractivity contribution in [3.8, 4) is 5.75 Å². The highest BCUT2D eigenvalue weighted by Crippen LogP contribution is 2.26. The Hall–Kier alpha value is -2.61. The number of rotatable bonds is 6. The zero-order valence-electron chi connectivity index (χ0n) is 14.4. The number of aliphatic carboxylic acids is 1. The van der Waals surface area contributed by atoms with Crippen LogP contribution in [-0.2, 0) is 25.5 Å². The number of amides is 2. The quantitative estimate of drug-likeness (QED) is 0.733. The summed E-state index contributed by atoms with van der Waals surface area (Å²) in [5, 5.41) is 11.8. The molecular weight excluding hydrogens is 340 g/mol. The van der Waals surface area contributed by atoms with Crippen molar-refractivity contribution in [2.45, 2.75) is 31.8 Å². The predicted molar refractivity (Wildman–Crippen MR) is 92.1 cm³/mol. The van der Waals surface area contributed by atoms with Gasteiger partial charge < -0.3 is 24.8 Å². The lowest BCUT2D eigenvalue weighted by Gasteiger charge is -2.30. The fraction of sp³-hybridized carbons (Fsp3) is 0.500. The van der Waals surface area contributed by atoms with Gasteiger partial charge in [-0.3, -0.25) is 9.59 Å². The summed E-state index contributed by atoms with van der Waals surface area (Å²) in [6.45, 7) is 1.14. The number of anilines is 1. The van der Waals surface area contributed by atoms with Crippen molar-refractivity contribution in [2.75, 3.05) is 31.6 Å². The maximum Gasteiger partial charge on any atom is 0.334 e. The zero-order chi connectivity index (χ0) is 18.5. The molecule has 0 bridgehead atoms. The third-order valence-electron chi connectivity index (χ3n) is 4.47. The van der Waals surface area contributed by atoms with Gasteiger partial charge in [0.05, 0.1) is 19.8 Å². The Bertz CT molecular complexity index is 705. The summed E-state index contributed by atoms with van der Waals surface area (Å²) < 4.78 is 10.8. The molecule has 2 aliphatic heterocycles. The maximum atomic E-state index is 12.2. The molecule has 2 N–H and O–H groups in total.